The molecule has 0 radical (unpaired) electrons. The third kappa shape index (κ3) is 3.25. The Labute approximate surface area is 154 Å². The summed E-state index contributed by atoms with van der Waals surface area (Å²) in [5.41, 5.74) is 2.34. The van der Waals surface area contributed by atoms with Crippen molar-refractivity contribution in [1.82, 2.24) is 15.0 Å². The Morgan fingerprint density at radius 1 is 1.15 bits per heavy atom. The quantitative estimate of drug-likeness (QED) is 0.632. The van der Waals surface area contributed by atoms with Gasteiger partial charge in [-0.2, -0.15) is 4.98 Å². The monoisotopic (exact) mass is 373 g/mol. The third-order valence-electron chi connectivity index (χ3n) is 3.72. The lowest BCUT2D eigenvalue weighted by Gasteiger charge is -2.10. The van der Waals surface area contributed by atoms with E-state index in [0.29, 0.717) is 27.4 Å². The van der Waals surface area contributed by atoms with Gasteiger partial charge in [-0.15, -0.1) is 0 Å². The summed E-state index contributed by atoms with van der Waals surface area (Å²) in [5, 5.41) is 0.951. The molecule has 0 fully saturated rings. The van der Waals surface area contributed by atoms with Gasteiger partial charge in [-0.1, -0.05) is 23.7 Å². The van der Waals surface area contributed by atoms with Gasteiger partial charge in [-0.05, 0) is 18.6 Å². The predicted molar refractivity (Wildman–Crippen MR) is 96.8 cm³/mol. The van der Waals surface area contributed by atoms with Crippen LogP contribution in [0.4, 0.5) is 0 Å². The van der Waals surface area contributed by atoms with Gasteiger partial charge in [0.25, 0.3) is 0 Å². The number of hydrogen-bond donors (Lipinski definition) is 0. The van der Waals surface area contributed by atoms with Crippen LogP contribution in [-0.4, -0.2) is 41.7 Å². The van der Waals surface area contributed by atoms with Crippen molar-refractivity contribution in [3.63, 3.8) is 0 Å². The van der Waals surface area contributed by atoms with Crippen molar-refractivity contribution in [2.24, 2.45) is 0 Å². The minimum Gasteiger partial charge on any atom is -0.480 e. The highest BCUT2D eigenvalue weighted by Crippen LogP contribution is 2.33. The third-order valence-corrected chi connectivity index (χ3v) is 4.12. The van der Waals surface area contributed by atoms with E-state index in [1.807, 2.05) is 12.1 Å². The second-order valence-corrected chi connectivity index (χ2v) is 5.60. The van der Waals surface area contributed by atoms with Crippen LogP contribution in [0.15, 0.2) is 30.6 Å². The number of methoxy groups -OCH3 is 2. The van der Waals surface area contributed by atoms with E-state index in [1.165, 1.54) is 20.4 Å². The minimum atomic E-state index is -0.499. The number of nitrogens with zero attached hydrogens (tertiary/aromatic N) is 3. The van der Waals surface area contributed by atoms with Gasteiger partial charge in [0, 0.05) is 17.8 Å². The standard InChI is InChI=1S/C18H16ClN3O4/c1-4-26-17(23)13-9-20-14-7-10(5-6-11(14)15(13)19)12-8-21-18(25-3)22-16(12)24-2/h5-9H,4H2,1-3H3. The molecule has 0 unspecified atom stereocenters. The van der Waals surface area contributed by atoms with E-state index in [9.17, 15) is 4.79 Å². The molecule has 8 heteroatoms. The number of aromatic nitrogens is 3. The van der Waals surface area contributed by atoms with Crippen LogP contribution in [0.1, 0.15) is 17.3 Å². The smallest absolute Gasteiger partial charge is 0.341 e. The predicted octanol–water partition coefficient (Wildman–Crippen LogP) is 3.54. The van der Waals surface area contributed by atoms with E-state index in [4.69, 9.17) is 25.8 Å². The summed E-state index contributed by atoms with van der Waals surface area (Å²) in [7, 11) is 3.00. The number of esters is 1. The highest BCUT2D eigenvalue weighted by Gasteiger charge is 2.17. The average molecular weight is 374 g/mol. The summed E-state index contributed by atoms with van der Waals surface area (Å²) >= 11 is 6.36. The van der Waals surface area contributed by atoms with E-state index in [2.05, 4.69) is 15.0 Å². The molecule has 2 aromatic heterocycles. The maximum atomic E-state index is 11.9. The lowest BCUT2D eigenvalue weighted by atomic mass is 10.0. The van der Waals surface area contributed by atoms with Crippen molar-refractivity contribution < 1.29 is 19.0 Å². The Kier molecular flexibility index (Phi) is 5.18. The van der Waals surface area contributed by atoms with Crippen LogP contribution < -0.4 is 9.47 Å². The van der Waals surface area contributed by atoms with Gasteiger partial charge in [-0.3, -0.25) is 4.98 Å². The van der Waals surface area contributed by atoms with Crippen LogP contribution in [-0.2, 0) is 4.74 Å². The number of hydrogen-bond acceptors (Lipinski definition) is 7. The number of benzene rings is 1. The molecule has 0 bridgehead atoms. The van der Waals surface area contributed by atoms with E-state index in [1.54, 1.807) is 19.2 Å². The fourth-order valence-electron chi connectivity index (χ4n) is 2.48. The van der Waals surface area contributed by atoms with Crippen molar-refractivity contribution in [3.05, 3.63) is 41.2 Å². The van der Waals surface area contributed by atoms with E-state index in [0.717, 1.165) is 5.56 Å². The van der Waals surface area contributed by atoms with Gasteiger partial charge in [-0.25, -0.2) is 9.78 Å². The molecule has 3 aromatic rings. The molecular weight excluding hydrogens is 358 g/mol. The van der Waals surface area contributed by atoms with Crippen LogP contribution in [0.25, 0.3) is 22.0 Å². The Bertz CT molecular complexity index is 978. The largest absolute Gasteiger partial charge is 0.480 e. The molecule has 0 amide bonds. The molecule has 7 nitrogen and oxygen atoms in total. The topological polar surface area (TPSA) is 83.4 Å². The Hall–Kier alpha value is -2.93. The Morgan fingerprint density at radius 3 is 2.65 bits per heavy atom. The normalized spacial score (nSPS) is 10.6. The van der Waals surface area contributed by atoms with Crippen molar-refractivity contribution in [2.75, 3.05) is 20.8 Å². The van der Waals surface area contributed by atoms with Gasteiger partial charge >= 0.3 is 12.0 Å². The van der Waals surface area contributed by atoms with Crippen molar-refractivity contribution in [2.45, 2.75) is 6.92 Å². The van der Waals surface area contributed by atoms with Gasteiger partial charge in [0.05, 0.1) is 42.5 Å². The molecule has 0 saturated heterocycles. The second-order valence-electron chi connectivity index (χ2n) is 5.22. The number of halogens is 1. The first kappa shape index (κ1) is 17.9. The zero-order valence-electron chi connectivity index (χ0n) is 14.4. The molecule has 0 N–H and O–H groups in total. The van der Waals surface area contributed by atoms with Gasteiger partial charge in [0.1, 0.15) is 0 Å². The zero-order chi connectivity index (χ0) is 18.7. The summed E-state index contributed by atoms with van der Waals surface area (Å²) in [5.74, 6) is -0.119. The van der Waals surface area contributed by atoms with Crippen LogP contribution in [0, 0.1) is 0 Å². The van der Waals surface area contributed by atoms with E-state index < -0.39 is 5.97 Å². The molecule has 3 rings (SSSR count). The van der Waals surface area contributed by atoms with Crippen LogP contribution in [0.2, 0.25) is 5.02 Å². The molecule has 2 heterocycles. The van der Waals surface area contributed by atoms with E-state index >= 15 is 0 Å². The first-order chi connectivity index (χ1) is 12.6. The second kappa shape index (κ2) is 7.53. The molecule has 134 valence electrons. The molecular formula is C18H16ClN3O4. The van der Waals surface area contributed by atoms with Crippen LogP contribution >= 0.6 is 11.6 Å². The van der Waals surface area contributed by atoms with Crippen molar-refractivity contribution >= 4 is 28.5 Å². The number of pyridine rings is 1. The molecule has 0 aliphatic rings. The van der Waals surface area contributed by atoms with Gasteiger partial charge in [0.2, 0.25) is 5.88 Å². The van der Waals surface area contributed by atoms with Crippen molar-refractivity contribution in [3.8, 4) is 23.0 Å². The summed E-state index contributed by atoms with van der Waals surface area (Å²) < 4.78 is 15.3. The van der Waals surface area contributed by atoms with Crippen LogP contribution in [0.3, 0.4) is 0 Å². The maximum Gasteiger partial charge on any atom is 0.341 e. The summed E-state index contributed by atoms with van der Waals surface area (Å²) in [6.07, 6.45) is 3.02. The number of fused-ring (bicyclic) bond motifs is 1. The molecule has 0 aliphatic carbocycles. The molecule has 0 atom stereocenters. The number of carbonyl (C=O) groups is 1. The Balaban J connectivity index is 2.08. The summed E-state index contributed by atoms with van der Waals surface area (Å²) in [6, 6.07) is 5.65. The first-order valence-corrected chi connectivity index (χ1v) is 8.17. The number of carbonyl (C=O) groups excluding carboxylic acids is 1. The SMILES string of the molecule is CCOC(=O)c1cnc2cc(-c3cnc(OC)nc3OC)ccc2c1Cl. The zero-order valence-corrected chi connectivity index (χ0v) is 15.2. The molecule has 0 aliphatic heterocycles. The summed E-state index contributed by atoms with van der Waals surface area (Å²) in [4.78, 5) is 24.6. The number of ether oxygens (including phenoxy) is 3. The fourth-order valence-corrected chi connectivity index (χ4v) is 2.77. The van der Waals surface area contributed by atoms with Crippen molar-refractivity contribution in [1.29, 1.82) is 0 Å². The fraction of sp³-hybridized carbons (Fsp3) is 0.222. The van der Waals surface area contributed by atoms with E-state index in [-0.39, 0.29) is 18.2 Å². The average Bonchev–Trinajstić information content (AvgIpc) is 2.67. The molecule has 1 aromatic carbocycles. The minimum absolute atomic E-state index is 0.214. The van der Waals surface area contributed by atoms with Crippen LogP contribution in [0.5, 0.6) is 11.9 Å². The lowest BCUT2D eigenvalue weighted by molar-refractivity contribution is 0.0526. The highest BCUT2D eigenvalue weighted by molar-refractivity contribution is 6.38. The maximum absolute atomic E-state index is 11.9. The highest BCUT2D eigenvalue weighted by atomic mass is 35.5. The molecule has 0 saturated carbocycles. The first-order valence-electron chi connectivity index (χ1n) is 7.79. The summed E-state index contributed by atoms with van der Waals surface area (Å²) in [6.45, 7) is 2.00. The van der Waals surface area contributed by atoms with Gasteiger partial charge < -0.3 is 14.2 Å². The lowest BCUT2D eigenvalue weighted by Crippen LogP contribution is -2.06. The number of rotatable bonds is 5. The van der Waals surface area contributed by atoms with Gasteiger partial charge in [0.15, 0.2) is 0 Å². The Morgan fingerprint density at radius 2 is 1.96 bits per heavy atom. The molecule has 0 spiro atoms. The molecule has 26 heavy (non-hydrogen) atoms.